The fourth-order valence-corrected chi connectivity index (χ4v) is 2.38. The molecule has 0 fully saturated rings. The topological polar surface area (TPSA) is 42.2 Å². The molecule has 3 nitrogen and oxygen atoms in total. The van der Waals surface area contributed by atoms with E-state index in [1.54, 1.807) is 6.92 Å². The molecule has 3 aromatic rings. The molecule has 0 aliphatic carbocycles. The number of benzene rings is 2. The maximum absolute atomic E-state index is 13.6. The fraction of sp³-hybridized carbons (Fsp3) is 0.0625. The van der Waals surface area contributed by atoms with E-state index in [0.717, 1.165) is 6.07 Å². The summed E-state index contributed by atoms with van der Waals surface area (Å²) in [7, 11) is 0. The van der Waals surface area contributed by atoms with Crippen LogP contribution >= 0.6 is 11.6 Å². The van der Waals surface area contributed by atoms with Crippen LogP contribution in [0.25, 0.3) is 11.0 Å². The molecule has 0 unspecified atom stereocenters. The first kappa shape index (κ1) is 14.5. The highest BCUT2D eigenvalue weighted by atomic mass is 35.5. The molecule has 0 atom stereocenters. The Labute approximate surface area is 129 Å². The lowest BCUT2D eigenvalue weighted by Crippen LogP contribution is -2.12. The van der Waals surface area contributed by atoms with Gasteiger partial charge in [0.25, 0.3) is 5.91 Å². The molecule has 0 aliphatic rings. The van der Waals surface area contributed by atoms with Crippen molar-refractivity contribution in [2.75, 3.05) is 5.32 Å². The van der Waals surface area contributed by atoms with E-state index in [1.807, 2.05) is 0 Å². The second-order valence-electron chi connectivity index (χ2n) is 4.83. The highest BCUT2D eigenvalue weighted by Crippen LogP contribution is 2.27. The van der Waals surface area contributed by atoms with Crippen LogP contribution in [-0.2, 0) is 0 Å². The van der Waals surface area contributed by atoms with Gasteiger partial charge in [0.1, 0.15) is 23.5 Å². The molecule has 3 rings (SSSR count). The molecule has 1 heterocycles. The molecular formula is C16H10ClF2NO2. The molecule has 22 heavy (non-hydrogen) atoms. The van der Waals surface area contributed by atoms with E-state index >= 15 is 0 Å². The number of carbonyl (C=O) groups is 1. The van der Waals surface area contributed by atoms with Crippen LogP contribution < -0.4 is 5.32 Å². The van der Waals surface area contributed by atoms with E-state index in [2.05, 4.69) is 5.32 Å². The highest BCUT2D eigenvalue weighted by molar-refractivity contribution is 6.34. The van der Waals surface area contributed by atoms with E-state index in [9.17, 15) is 13.6 Å². The maximum atomic E-state index is 13.6. The van der Waals surface area contributed by atoms with Gasteiger partial charge in [-0.1, -0.05) is 11.6 Å². The fourth-order valence-electron chi connectivity index (χ4n) is 2.11. The number of halogens is 3. The first-order chi connectivity index (χ1) is 10.5. The summed E-state index contributed by atoms with van der Waals surface area (Å²) in [6.07, 6.45) is 1.22. The number of hydrogen-bond acceptors (Lipinski definition) is 2. The minimum absolute atomic E-state index is 0.159. The van der Waals surface area contributed by atoms with Gasteiger partial charge in [-0.25, -0.2) is 8.78 Å². The predicted octanol–water partition coefficient (Wildman–Crippen LogP) is 4.93. The molecule has 112 valence electrons. The molecule has 1 amide bonds. The normalized spacial score (nSPS) is 10.9. The quantitative estimate of drug-likeness (QED) is 0.727. The van der Waals surface area contributed by atoms with Crippen LogP contribution in [0.4, 0.5) is 14.5 Å². The third-order valence-electron chi connectivity index (χ3n) is 3.28. The Morgan fingerprint density at radius 3 is 2.77 bits per heavy atom. The minimum Gasteiger partial charge on any atom is -0.463 e. The number of furan rings is 1. The van der Waals surface area contributed by atoms with Crippen LogP contribution in [0, 0.1) is 18.6 Å². The van der Waals surface area contributed by atoms with E-state index in [1.165, 1.54) is 30.5 Å². The Kier molecular flexibility index (Phi) is 3.58. The van der Waals surface area contributed by atoms with E-state index in [4.69, 9.17) is 16.0 Å². The molecule has 0 bridgehead atoms. The number of fused-ring (bicyclic) bond motifs is 1. The SMILES string of the molecule is Cc1cc(Cl)c(NC(=O)c2coc3cc(F)ccc23)cc1F. The Balaban J connectivity index is 1.95. The van der Waals surface area contributed by atoms with Crippen molar-refractivity contribution in [1.82, 2.24) is 0 Å². The van der Waals surface area contributed by atoms with Gasteiger partial charge >= 0.3 is 0 Å². The number of anilines is 1. The van der Waals surface area contributed by atoms with Gasteiger partial charge in [0.2, 0.25) is 0 Å². The third kappa shape index (κ3) is 2.55. The Bertz CT molecular complexity index is 889. The Morgan fingerprint density at radius 2 is 2.00 bits per heavy atom. The lowest BCUT2D eigenvalue weighted by Gasteiger charge is -2.08. The summed E-state index contributed by atoms with van der Waals surface area (Å²) in [5.41, 5.74) is 1.01. The largest absolute Gasteiger partial charge is 0.463 e. The number of hydrogen-bond donors (Lipinski definition) is 1. The first-order valence-corrected chi connectivity index (χ1v) is 6.77. The summed E-state index contributed by atoms with van der Waals surface area (Å²) < 4.78 is 31.8. The Morgan fingerprint density at radius 1 is 1.23 bits per heavy atom. The zero-order valence-electron chi connectivity index (χ0n) is 11.4. The molecule has 1 N–H and O–H groups in total. The van der Waals surface area contributed by atoms with Gasteiger partial charge in [0.05, 0.1) is 16.3 Å². The van der Waals surface area contributed by atoms with Crippen molar-refractivity contribution in [3.8, 4) is 0 Å². The number of carbonyl (C=O) groups excluding carboxylic acids is 1. The summed E-state index contributed by atoms with van der Waals surface area (Å²) in [4.78, 5) is 12.3. The molecule has 6 heteroatoms. The average molecular weight is 322 g/mol. The van der Waals surface area contributed by atoms with Crippen molar-refractivity contribution >= 4 is 34.2 Å². The summed E-state index contributed by atoms with van der Waals surface area (Å²) in [6, 6.07) is 6.44. The zero-order valence-corrected chi connectivity index (χ0v) is 12.2. The molecule has 0 aliphatic heterocycles. The number of aryl methyl sites for hydroxylation is 1. The molecule has 0 radical (unpaired) electrons. The van der Waals surface area contributed by atoms with Crippen molar-refractivity contribution in [1.29, 1.82) is 0 Å². The maximum Gasteiger partial charge on any atom is 0.259 e. The summed E-state index contributed by atoms with van der Waals surface area (Å²) in [5, 5.41) is 3.21. The van der Waals surface area contributed by atoms with E-state index in [0.29, 0.717) is 10.9 Å². The van der Waals surface area contributed by atoms with Gasteiger partial charge in [-0.05, 0) is 36.8 Å². The minimum atomic E-state index is -0.518. The van der Waals surface area contributed by atoms with Crippen molar-refractivity contribution in [2.24, 2.45) is 0 Å². The summed E-state index contributed by atoms with van der Waals surface area (Å²) in [6.45, 7) is 1.57. The number of amides is 1. The number of rotatable bonds is 2. The van der Waals surface area contributed by atoms with Crippen LogP contribution in [0.3, 0.4) is 0 Å². The average Bonchev–Trinajstić information content (AvgIpc) is 2.87. The predicted molar refractivity (Wildman–Crippen MR) is 80.3 cm³/mol. The van der Waals surface area contributed by atoms with E-state index < -0.39 is 17.5 Å². The Hall–Kier alpha value is -2.40. The molecular weight excluding hydrogens is 312 g/mol. The molecule has 0 saturated carbocycles. The summed E-state index contributed by atoms with van der Waals surface area (Å²) in [5.74, 6) is -1.45. The monoisotopic (exact) mass is 321 g/mol. The van der Waals surface area contributed by atoms with Crippen LogP contribution in [0.2, 0.25) is 5.02 Å². The van der Waals surface area contributed by atoms with Crippen molar-refractivity contribution in [3.05, 3.63) is 64.4 Å². The molecule has 1 aromatic heterocycles. The molecule has 0 spiro atoms. The second kappa shape index (κ2) is 5.42. The van der Waals surface area contributed by atoms with Crippen molar-refractivity contribution in [2.45, 2.75) is 6.92 Å². The van der Waals surface area contributed by atoms with Gasteiger partial charge in [-0.15, -0.1) is 0 Å². The smallest absolute Gasteiger partial charge is 0.259 e. The molecule has 0 saturated heterocycles. The molecule has 2 aromatic carbocycles. The van der Waals surface area contributed by atoms with Gasteiger partial charge in [-0.2, -0.15) is 0 Å². The first-order valence-electron chi connectivity index (χ1n) is 6.39. The van der Waals surface area contributed by atoms with Crippen LogP contribution in [0.15, 0.2) is 41.0 Å². The number of nitrogens with one attached hydrogen (secondary N) is 1. The second-order valence-corrected chi connectivity index (χ2v) is 5.23. The standard InChI is InChI=1S/C16H10ClF2NO2/c1-8-4-12(17)14(6-13(8)19)20-16(21)11-7-22-15-5-9(18)2-3-10(11)15/h2-7H,1H3,(H,20,21). The van der Waals surface area contributed by atoms with E-state index in [-0.39, 0.29) is 21.9 Å². The third-order valence-corrected chi connectivity index (χ3v) is 3.59. The van der Waals surface area contributed by atoms with Crippen LogP contribution in [0.1, 0.15) is 15.9 Å². The van der Waals surface area contributed by atoms with Crippen LogP contribution in [0.5, 0.6) is 0 Å². The van der Waals surface area contributed by atoms with Gasteiger partial charge < -0.3 is 9.73 Å². The lowest BCUT2D eigenvalue weighted by molar-refractivity contribution is 0.102. The van der Waals surface area contributed by atoms with Gasteiger partial charge in [0, 0.05) is 11.5 Å². The van der Waals surface area contributed by atoms with Crippen molar-refractivity contribution < 1.29 is 18.0 Å². The zero-order chi connectivity index (χ0) is 15.9. The van der Waals surface area contributed by atoms with Gasteiger partial charge in [-0.3, -0.25) is 4.79 Å². The summed E-state index contributed by atoms with van der Waals surface area (Å²) >= 11 is 5.99. The lowest BCUT2D eigenvalue weighted by atomic mass is 10.1. The highest BCUT2D eigenvalue weighted by Gasteiger charge is 2.16. The van der Waals surface area contributed by atoms with Crippen LogP contribution in [-0.4, -0.2) is 5.91 Å². The van der Waals surface area contributed by atoms with Crippen molar-refractivity contribution in [3.63, 3.8) is 0 Å². The van der Waals surface area contributed by atoms with Gasteiger partial charge in [0.15, 0.2) is 0 Å².